The van der Waals surface area contributed by atoms with Crippen LogP contribution in [0, 0.1) is 0 Å². The van der Waals surface area contributed by atoms with Crippen LogP contribution in [0.2, 0.25) is 0 Å². The maximum absolute atomic E-state index is 6.34. The van der Waals surface area contributed by atoms with Gasteiger partial charge in [-0.2, -0.15) is 0 Å². The molecule has 0 fully saturated rings. The zero-order valence-electron chi connectivity index (χ0n) is 25.1. The van der Waals surface area contributed by atoms with E-state index in [1.165, 1.54) is 0 Å². The standard InChI is InChI=1S/C41H25N5O/c1-3-12-27(13-4-1)38-44-39(28-14-5-2-6-15-28)46-40(45-38)30-17-9-16-29(25-30)31-18-10-20-36-37(31)32-22-24-35(43-41(32)47-36)34-23-21-26-11-7-8-19-33(26)42-34/h1-25H. The van der Waals surface area contributed by atoms with E-state index in [-0.39, 0.29) is 0 Å². The third-order valence-corrected chi connectivity index (χ3v) is 8.35. The summed E-state index contributed by atoms with van der Waals surface area (Å²) in [6.45, 7) is 0. The zero-order valence-corrected chi connectivity index (χ0v) is 25.1. The van der Waals surface area contributed by atoms with E-state index in [0.717, 1.165) is 66.5 Å². The average Bonchev–Trinajstić information content (AvgIpc) is 3.53. The van der Waals surface area contributed by atoms with Gasteiger partial charge >= 0.3 is 0 Å². The lowest BCUT2D eigenvalue weighted by Gasteiger charge is -2.10. The molecule has 0 aliphatic carbocycles. The number of nitrogens with zero attached hydrogens (tertiary/aromatic N) is 5. The topological polar surface area (TPSA) is 77.6 Å². The van der Waals surface area contributed by atoms with Gasteiger partial charge in [0.05, 0.1) is 16.9 Å². The Hall–Kier alpha value is -6.53. The Labute approximate surface area is 270 Å². The van der Waals surface area contributed by atoms with Crippen molar-refractivity contribution in [3.63, 3.8) is 0 Å². The maximum Gasteiger partial charge on any atom is 0.227 e. The molecule has 0 unspecified atom stereocenters. The smallest absolute Gasteiger partial charge is 0.227 e. The summed E-state index contributed by atoms with van der Waals surface area (Å²) in [5.41, 5.74) is 8.70. The van der Waals surface area contributed by atoms with Crippen LogP contribution in [0.4, 0.5) is 0 Å². The molecule has 0 saturated carbocycles. The fourth-order valence-corrected chi connectivity index (χ4v) is 6.06. The van der Waals surface area contributed by atoms with Gasteiger partial charge in [-0.25, -0.2) is 24.9 Å². The first-order valence-corrected chi connectivity index (χ1v) is 15.4. The number of aromatic nitrogens is 5. The lowest BCUT2D eigenvalue weighted by molar-refractivity contribution is 0.654. The second kappa shape index (κ2) is 11.1. The minimum atomic E-state index is 0.577. The lowest BCUT2D eigenvalue weighted by Crippen LogP contribution is -2.00. The Kier molecular flexibility index (Phi) is 6.35. The molecule has 220 valence electrons. The number of fused-ring (bicyclic) bond motifs is 4. The summed E-state index contributed by atoms with van der Waals surface area (Å²) in [4.78, 5) is 24.5. The van der Waals surface area contributed by atoms with Crippen molar-refractivity contribution in [2.24, 2.45) is 0 Å². The molecule has 4 heterocycles. The van der Waals surface area contributed by atoms with E-state index in [4.69, 9.17) is 29.3 Å². The van der Waals surface area contributed by atoms with Crippen molar-refractivity contribution in [3.05, 3.63) is 152 Å². The Morgan fingerprint density at radius 2 is 1.00 bits per heavy atom. The molecule has 0 N–H and O–H groups in total. The largest absolute Gasteiger partial charge is 0.438 e. The molecular weight excluding hydrogens is 578 g/mol. The molecule has 6 heteroatoms. The number of hydrogen-bond acceptors (Lipinski definition) is 6. The highest BCUT2D eigenvalue weighted by Gasteiger charge is 2.17. The van der Waals surface area contributed by atoms with Gasteiger partial charge in [-0.3, -0.25) is 0 Å². The van der Waals surface area contributed by atoms with Crippen molar-refractivity contribution in [3.8, 4) is 56.7 Å². The van der Waals surface area contributed by atoms with Crippen LogP contribution in [0.15, 0.2) is 156 Å². The molecule has 0 aliphatic rings. The fraction of sp³-hybridized carbons (Fsp3) is 0. The number of para-hydroxylation sites is 1. The van der Waals surface area contributed by atoms with Crippen LogP contribution in [-0.2, 0) is 0 Å². The summed E-state index contributed by atoms with van der Waals surface area (Å²) < 4.78 is 6.34. The highest BCUT2D eigenvalue weighted by molar-refractivity contribution is 6.12. The molecule has 0 saturated heterocycles. The molecule has 0 amide bonds. The molecule has 6 nitrogen and oxygen atoms in total. The monoisotopic (exact) mass is 603 g/mol. The van der Waals surface area contributed by atoms with E-state index >= 15 is 0 Å². The van der Waals surface area contributed by atoms with Gasteiger partial charge in [-0.1, -0.05) is 115 Å². The van der Waals surface area contributed by atoms with Crippen LogP contribution in [0.5, 0.6) is 0 Å². The van der Waals surface area contributed by atoms with Crippen LogP contribution in [-0.4, -0.2) is 24.9 Å². The summed E-state index contributed by atoms with van der Waals surface area (Å²) in [7, 11) is 0. The summed E-state index contributed by atoms with van der Waals surface area (Å²) in [5, 5.41) is 3.05. The van der Waals surface area contributed by atoms with E-state index in [2.05, 4.69) is 36.4 Å². The zero-order chi connectivity index (χ0) is 31.2. The fourth-order valence-electron chi connectivity index (χ4n) is 6.06. The molecule has 4 aromatic heterocycles. The van der Waals surface area contributed by atoms with Crippen LogP contribution < -0.4 is 0 Å². The first-order chi connectivity index (χ1) is 23.3. The first-order valence-electron chi connectivity index (χ1n) is 15.4. The van der Waals surface area contributed by atoms with Crippen molar-refractivity contribution < 1.29 is 4.42 Å². The van der Waals surface area contributed by atoms with Gasteiger partial charge in [-0.15, -0.1) is 0 Å². The number of furan rings is 1. The highest BCUT2D eigenvalue weighted by Crippen LogP contribution is 2.38. The third-order valence-electron chi connectivity index (χ3n) is 8.35. The van der Waals surface area contributed by atoms with Gasteiger partial charge in [0.15, 0.2) is 17.5 Å². The summed E-state index contributed by atoms with van der Waals surface area (Å²) in [5.74, 6) is 1.87. The van der Waals surface area contributed by atoms with Crippen molar-refractivity contribution in [1.29, 1.82) is 0 Å². The number of benzene rings is 5. The lowest BCUT2D eigenvalue weighted by atomic mass is 9.98. The highest BCUT2D eigenvalue weighted by atomic mass is 16.3. The van der Waals surface area contributed by atoms with E-state index in [1.54, 1.807) is 0 Å². The number of hydrogen-bond donors (Lipinski definition) is 0. The quantitative estimate of drug-likeness (QED) is 0.195. The molecule has 9 rings (SSSR count). The van der Waals surface area contributed by atoms with Gasteiger partial charge in [0, 0.05) is 32.8 Å². The maximum atomic E-state index is 6.34. The van der Waals surface area contributed by atoms with Gasteiger partial charge in [0.2, 0.25) is 5.71 Å². The van der Waals surface area contributed by atoms with Gasteiger partial charge in [-0.05, 0) is 47.5 Å². The predicted octanol–water partition coefficient (Wildman–Crippen LogP) is 10.0. The summed E-state index contributed by atoms with van der Waals surface area (Å²) >= 11 is 0. The molecule has 9 aromatic rings. The van der Waals surface area contributed by atoms with E-state index in [9.17, 15) is 0 Å². The molecule has 0 atom stereocenters. The van der Waals surface area contributed by atoms with Crippen LogP contribution >= 0.6 is 0 Å². The normalized spacial score (nSPS) is 11.4. The molecule has 0 bridgehead atoms. The third kappa shape index (κ3) is 4.89. The first kappa shape index (κ1) is 26.8. The molecule has 5 aromatic carbocycles. The Bertz CT molecular complexity index is 2520. The van der Waals surface area contributed by atoms with Gasteiger partial charge in [0.25, 0.3) is 0 Å². The average molecular weight is 604 g/mol. The van der Waals surface area contributed by atoms with Crippen molar-refractivity contribution >= 4 is 33.0 Å². The molecule has 47 heavy (non-hydrogen) atoms. The van der Waals surface area contributed by atoms with Crippen molar-refractivity contribution in [2.45, 2.75) is 0 Å². The number of pyridine rings is 2. The minimum Gasteiger partial charge on any atom is -0.438 e. The SMILES string of the molecule is c1ccc(-c2nc(-c3ccccc3)nc(-c3cccc(-c4cccc5oc6nc(-c7ccc8ccccc8n7)ccc6c45)c3)n2)cc1. The van der Waals surface area contributed by atoms with E-state index in [1.807, 2.05) is 115 Å². The second-order valence-corrected chi connectivity index (χ2v) is 11.3. The Morgan fingerprint density at radius 3 is 1.77 bits per heavy atom. The molecule has 0 aliphatic heterocycles. The molecule has 0 radical (unpaired) electrons. The predicted molar refractivity (Wildman–Crippen MR) is 187 cm³/mol. The van der Waals surface area contributed by atoms with Crippen molar-refractivity contribution in [1.82, 2.24) is 24.9 Å². The Balaban J connectivity index is 1.16. The van der Waals surface area contributed by atoms with E-state index in [0.29, 0.717) is 23.2 Å². The summed E-state index contributed by atoms with van der Waals surface area (Å²) in [6, 6.07) is 50.7. The van der Waals surface area contributed by atoms with Gasteiger partial charge in [0.1, 0.15) is 5.58 Å². The second-order valence-electron chi connectivity index (χ2n) is 11.3. The minimum absolute atomic E-state index is 0.577. The van der Waals surface area contributed by atoms with Gasteiger partial charge < -0.3 is 4.42 Å². The van der Waals surface area contributed by atoms with Crippen molar-refractivity contribution in [2.75, 3.05) is 0 Å². The number of rotatable bonds is 5. The van der Waals surface area contributed by atoms with Crippen LogP contribution in [0.25, 0.3) is 89.7 Å². The van der Waals surface area contributed by atoms with E-state index < -0.39 is 0 Å². The molecular formula is C41H25N5O. The summed E-state index contributed by atoms with van der Waals surface area (Å²) in [6.07, 6.45) is 0. The van der Waals surface area contributed by atoms with Crippen LogP contribution in [0.3, 0.4) is 0 Å². The van der Waals surface area contributed by atoms with Crippen LogP contribution in [0.1, 0.15) is 0 Å². The Morgan fingerprint density at radius 1 is 0.404 bits per heavy atom. The molecule has 0 spiro atoms.